The van der Waals surface area contributed by atoms with E-state index < -0.39 is 11.9 Å². The molecule has 0 saturated carbocycles. The van der Waals surface area contributed by atoms with Crippen molar-refractivity contribution < 1.29 is 22.6 Å². The molecule has 27 heavy (non-hydrogen) atoms. The Morgan fingerprint density at radius 1 is 1.11 bits per heavy atom. The van der Waals surface area contributed by atoms with Gasteiger partial charge in [-0.05, 0) is 43.3 Å². The minimum absolute atomic E-state index is 0.0894. The lowest BCUT2D eigenvalue weighted by molar-refractivity contribution is 0.0923. The third-order valence-electron chi connectivity index (χ3n) is 3.77. The van der Waals surface area contributed by atoms with Gasteiger partial charge in [-0.25, -0.2) is 4.39 Å². The zero-order valence-electron chi connectivity index (χ0n) is 14.0. The summed E-state index contributed by atoms with van der Waals surface area (Å²) in [6.45, 7) is 1.69. The number of nitrogens with zero attached hydrogens (tertiary/aromatic N) is 3. The Balaban J connectivity index is 1.45. The molecule has 1 amide bonds. The summed E-state index contributed by atoms with van der Waals surface area (Å²) in [6.07, 6.45) is 1.49. The number of aromatic nitrogens is 3. The lowest BCUT2D eigenvalue weighted by Crippen LogP contribution is -2.27. The van der Waals surface area contributed by atoms with Crippen molar-refractivity contribution in [3.63, 3.8) is 0 Å². The Kier molecular flexibility index (Phi) is 4.25. The van der Waals surface area contributed by atoms with E-state index in [1.54, 1.807) is 31.2 Å². The van der Waals surface area contributed by atoms with Crippen LogP contribution in [0.25, 0.3) is 22.9 Å². The molecule has 8 nitrogen and oxygen atoms in total. The van der Waals surface area contributed by atoms with E-state index in [2.05, 4.69) is 20.6 Å². The van der Waals surface area contributed by atoms with Crippen LogP contribution in [0, 0.1) is 5.82 Å². The maximum Gasteiger partial charge on any atom is 0.274 e. The molecule has 0 spiro atoms. The minimum atomic E-state index is -0.567. The van der Waals surface area contributed by atoms with Crippen molar-refractivity contribution in [2.45, 2.75) is 13.0 Å². The molecule has 3 aromatic heterocycles. The number of rotatable bonds is 5. The molecular formula is C18H13FN4O4. The van der Waals surface area contributed by atoms with E-state index in [1.807, 2.05) is 0 Å². The van der Waals surface area contributed by atoms with Gasteiger partial charge in [-0.3, -0.25) is 4.79 Å². The Morgan fingerprint density at radius 3 is 2.67 bits per heavy atom. The van der Waals surface area contributed by atoms with Crippen LogP contribution < -0.4 is 5.32 Å². The highest BCUT2D eigenvalue weighted by Crippen LogP contribution is 2.22. The lowest BCUT2D eigenvalue weighted by atomic mass is 10.2. The molecule has 0 bridgehead atoms. The number of furan rings is 1. The fourth-order valence-electron chi connectivity index (χ4n) is 2.38. The third kappa shape index (κ3) is 3.47. The van der Waals surface area contributed by atoms with E-state index in [9.17, 15) is 9.18 Å². The van der Waals surface area contributed by atoms with Crippen LogP contribution in [0.5, 0.6) is 0 Å². The summed E-state index contributed by atoms with van der Waals surface area (Å²) in [7, 11) is 0. The van der Waals surface area contributed by atoms with Gasteiger partial charge in [-0.1, -0.05) is 10.3 Å². The Hall–Kier alpha value is -3.75. The van der Waals surface area contributed by atoms with Crippen LogP contribution in [0.15, 0.2) is 62.2 Å². The van der Waals surface area contributed by atoms with E-state index in [0.29, 0.717) is 22.9 Å². The standard InChI is InChI=1S/C18H13FN4O4/c1-10(18-21-16(23-27-18)11-4-6-12(19)7-5-11)20-17(24)13-9-15(26-22-13)14-3-2-8-25-14/h2-10H,1H3,(H,20,24). The number of amides is 1. The van der Waals surface area contributed by atoms with Gasteiger partial charge in [0.25, 0.3) is 5.91 Å². The molecule has 1 unspecified atom stereocenters. The summed E-state index contributed by atoms with van der Waals surface area (Å²) >= 11 is 0. The van der Waals surface area contributed by atoms with Gasteiger partial charge in [0.05, 0.1) is 6.26 Å². The monoisotopic (exact) mass is 368 g/mol. The van der Waals surface area contributed by atoms with Gasteiger partial charge in [0.1, 0.15) is 11.9 Å². The second kappa shape index (κ2) is 6.87. The highest BCUT2D eigenvalue weighted by Gasteiger charge is 2.21. The molecule has 4 aromatic rings. The van der Waals surface area contributed by atoms with Crippen molar-refractivity contribution in [2.24, 2.45) is 0 Å². The predicted octanol–water partition coefficient (Wildman–Crippen LogP) is 3.61. The van der Waals surface area contributed by atoms with Gasteiger partial charge in [-0.15, -0.1) is 0 Å². The summed E-state index contributed by atoms with van der Waals surface area (Å²) in [6, 6.07) is 9.99. The third-order valence-corrected chi connectivity index (χ3v) is 3.77. The van der Waals surface area contributed by atoms with Crippen LogP contribution >= 0.6 is 0 Å². The highest BCUT2D eigenvalue weighted by atomic mass is 19.1. The first-order valence-electron chi connectivity index (χ1n) is 8.01. The first kappa shape index (κ1) is 16.7. The molecule has 0 aliphatic carbocycles. The molecule has 0 saturated heterocycles. The maximum atomic E-state index is 13.0. The topological polar surface area (TPSA) is 107 Å². The quantitative estimate of drug-likeness (QED) is 0.573. The molecule has 9 heteroatoms. The molecule has 0 fully saturated rings. The van der Waals surface area contributed by atoms with Gasteiger partial charge in [0.2, 0.25) is 17.5 Å². The number of nitrogens with one attached hydrogen (secondary N) is 1. The molecule has 1 N–H and O–H groups in total. The van der Waals surface area contributed by atoms with E-state index in [-0.39, 0.29) is 17.4 Å². The van der Waals surface area contributed by atoms with Crippen LogP contribution in [0.2, 0.25) is 0 Å². The summed E-state index contributed by atoms with van der Waals surface area (Å²) < 4.78 is 28.5. The molecule has 4 rings (SSSR count). The van der Waals surface area contributed by atoms with Crippen molar-refractivity contribution in [3.05, 3.63) is 66.1 Å². The van der Waals surface area contributed by atoms with Gasteiger partial charge >= 0.3 is 0 Å². The minimum Gasteiger partial charge on any atom is -0.461 e. The summed E-state index contributed by atoms with van der Waals surface area (Å²) in [5.74, 6) is 0.491. The predicted molar refractivity (Wildman–Crippen MR) is 89.8 cm³/mol. The average Bonchev–Trinajstić information content (AvgIpc) is 3.42. The van der Waals surface area contributed by atoms with Gasteiger partial charge in [-0.2, -0.15) is 4.98 Å². The number of carbonyl (C=O) groups is 1. The molecule has 0 radical (unpaired) electrons. The first-order valence-corrected chi connectivity index (χ1v) is 8.01. The fourth-order valence-corrected chi connectivity index (χ4v) is 2.38. The fraction of sp³-hybridized carbons (Fsp3) is 0.111. The Labute approximate surface area is 152 Å². The van der Waals surface area contributed by atoms with E-state index in [0.717, 1.165) is 0 Å². The van der Waals surface area contributed by atoms with Gasteiger partial charge in [0.15, 0.2) is 11.5 Å². The van der Waals surface area contributed by atoms with Crippen molar-refractivity contribution >= 4 is 5.91 Å². The average molecular weight is 368 g/mol. The lowest BCUT2D eigenvalue weighted by Gasteiger charge is -2.07. The maximum absolute atomic E-state index is 13.0. The molecule has 136 valence electrons. The first-order chi connectivity index (χ1) is 13.1. The van der Waals surface area contributed by atoms with Crippen LogP contribution in [-0.2, 0) is 0 Å². The summed E-state index contributed by atoms with van der Waals surface area (Å²) in [5, 5.41) is 10.3. The van der Waals surface area contributed by atoms with Crippen LogP contribution in [0.3, 0.4) is 0 Å². The number of hydrogen-bond donors (Lipinski definition) is 1. The highest BCUT2D eigenvalue weighted by molar-refractivity contribution is 5.93. The SMILES string of the molecule is CC(NC(=O)c1cc(-c2ccco2)on1)c1nc(-c2ccc(F)cc2)no1. The molecule has 0 aliphatic heterocycles. The van der Waals surface area contributed by atoms with Crippen molar-refractivity contribution in [3.8, 4) is 22.9 Å². The van der Waals surface area contributed by atoms with Crippen molar-refractivity contribution in [2.75, 3.05) is 0 Å². The number of hydrogen-bond acceptors (Lipinski definition) is 7. The van der Waals surface area contributed by atoms with Crippen LogP contribution in [0.1, 0.15) is 29.3 Å². The van der Waals surface area contributed by atoms with Crippen molar-refractivity contribution in [1.29, 1.82) is 0 Å². The normalized spacial score (nSPS) is 12.1. The molecular weight excluding hydrogens is 355 g/mol. The van der Waals surface area contributed by atoms with E-state index in [4.69, 9.17) is 13.5 Å². The Morgan fingerprint density at radius 2 is 1.93 bits per heavy atom. The largest absolute Gasteiger partial charge is 0.461 e. The van der Waals surface area contributed by atoms with E-state index >= 15 is 0 Å². The number of carbonyl (C=O) groups excluding carboxylic acids is 1. The van der Waals surface area contributed by atoms with Gasteiger partial charge < -0.3 is 18.8 Å². The smallest absolute Gasteiger partial charge is 0.274 e. The molecule has 0 aliphatic rings. The summed E-state index contributed by atoms with van der Waals surface area (Å²) in [4.78, 5) is 16.6. The van der Waals surface area contributed by atoms with Gasteiger partial charge in [0, 0.05) is 11.6 Å². The second-order valence-electron chi connectivity index (χ2n) is 5.71. The summed E-state index contributed by atoms with van der Waals surface area (Å²) in [5.41, 5.74) is 0.691. The zero-order valence-corrected chi connectivity index (χ0v) is 14.0. The molecule has 1 atom stereocenters. The zero-order chi connectivity index (χ0) is 18.8. The second-order valence-corrected chi connectivity index (χ2v) is 5.71. The van der Waals surface area contributed by atoms with Crippen molar-refractivity contribution in [1.82, 2.24) is 20.6 Å². The number of halogens is 1. The van der Waals surface area contributed by atoms with Crippen LogP contribution in [0.4, 0.5) is 4.39 Å². The van der Waals surface area contributed by atoms with E-state index in [1.165, 1.54) is 24.5 Å². The van der Waals surface area contributed by atoms with Crippen LogP contribution in [-0.4, -0.2) is 21.2 Å². The molecule has 1 aromatic carbocycles. The Bertz CT molecular complexity index is 1050. The number of benzene rings is 1. The molecule has 3 heterocycles.